The molecule has 186 valence electrons. The van der Waals surface area contributed by atoms with Gasteiger partial charge in [0.2, 0.25) is 0 Å². The topological polar surface area (TPSA) is 24.9 Å². The number of allylic oxidation sites excluding steroid dienone is 1. The highest BCUT2D eigenvalue weighted by Crippen LogP contribution is 2.38. The minimum atomic E-state index is -4.62. The van der Waals surface area contributed by atoms with E-state index >= 15 is 0 Å². The fraction of sp³-hybridized carbons (Fsp3) is 0.208. The van der Waals surface area contributed by atoms with Crippen LogP contribution < -0.4 is 5.32 Å². The van der Waals surface area contributed by atoms with Crippen LogP contribution in [0.25, 0.3) is 5.57 Å². The first-order valence-electron chi connectivity index (χ1n) is 10.1. The Kier molecular flexibility index (Phi) is 8.75. The minimum absolute atomic E-state index is 0.0274. The molecular formula is C24H17Cl3F6N2. The number of alkyl halides is 6. The second-order valence-electron chi connectivity index (χ2n) is 7.49. The molecule has 3 rings (SSSR count). The molecular weight excluding hydrogens is 537 g/mol. The molecule has 1 aromatic heterocycles. The van der Waals surface area contributed by atoms with Crippen molar-refractivity contribution in [1.29, 1.82) is 0 Å². The molecule has 2 aromatic carbocycles. The Morgan fingerprint density at radius 1 is 0.886 bits per heavy atom. The van der Waals surface area contributed by atoms with Gasteiger partial charge in [0.15, 0.2) is 0 Å². The zero-order valence-corrected chi connectivity index (χ0v) is 20.0. The van der Waals surface area contributed by atoms with Gasteiger partial charge in [-0.2, -0.15) is 26.3 Å². The number of rotatable bonds is 7. The van der Waals surface area contributed by atoms with E-state index < -0.39 is 24.8 Å². The lowest BCUT2D eigenvalue weighted by molar-refractivity contribution is -0.158. The van der Waals surface area contributed by atoms with Crippen LogP contribution in [0.2, 0.25) is 15.1 Å². The fourth-order valence-corrected chi connectivity index (χ4v) is 3.91. The Bertz CT molecular complexity index is 1150. The minimum Gasteiger partial charge on any atom is -0.297 e. The van der Waals surface area contributed by atoms with Crippen LogP contribution >= 0.6 is 34.8 Å². The average Bonchev–Trinajstić information content (AvgIpc) is 2.77. The normalized spacial score (nSPS) is 13.7. The standard InChI is InChI=1S/C24H17Cl3F6N2/c25-19-11-16(12-20(26)21(19)27)18(8-9-23(28,29)30)14-4-6-15(7-5-14)22(24(31,32)33)35-13-17-3-1-2-10-34-17/h1-8,10-12,22,35H,9,13H2/b18-8+. The lowest BCUT2D eigenvalue weighted by atomic mass is 9.94. The third-order valence-electron chi connectivity index (χ3n) is 4.93. The maximum atomic E-state index is 13.8. The highest BCUT2D eigenvalue weighted by atomic mass is 35.5. The van der Waals surface area contributed by atoms with Gasteiger partial charge in [-0.05, 0) is 46.5 Å². The summed E-state index contributed by atoms with van der Waals surface area (Å²) in [5, 5.41) is 2.53. The highest BCUT2D eigenvalue weighted by molar-refractivity contribution is 6.48. The first-order valence-corrected chi connectivity index (χ1v) is 11.2. The second-order valence-corrected chi connectivity index (χ2v) is 8.68. The molecule has 0 amide bonds. The summed E-state index contributed by atoms with van der Waals surface area (Å²) in [6, 6.07) is 10.6. The van der Waals surface area contributed by atoms with E-state index in [2.05, 4.69) is 10.3 Å². The zero-order chi connectivity index (χ0) is 25.8. The van der Waals surface area contributed by atoms with E-state index in [9.17, 15) is 26.3 Å². The lowest BCUT2D eigenvalue weighted by Gasteiger charge is -2.22. The fourth-order valence-electron chi connectivity index (χ4n) is 3.32. The molecule has 0 saturated heterocycles. The maximum Gasteiger partial charge on any atom is 0.407 e. The van der Waals surface area contributed by atoms with Crippen molar-refractivity contribution < 1.29 is 26.3 Å². The van der Waals surface area contributed by atoms with E-state index in [1.54, 1.807) is 18.2 Å². The number of pyridine rings is 1. The molecule has 0 aliphatic rings. The van der Waals surface area contributed by atoms with Crippen LogP contribution in [0.1, 0.15) is 34.8 Å². The molecule has 1 N–H and O–H groups in total. The van der Waals surface area contributed by atoms with Crippen molar-refractivity contribution in [3.63, 3.8) is 0 Å². The molecule has 1 unspecified atom stereocenters. The lowest BCUT2D eigenvalue weighted by Crippen LogP contribution is -2.34. The SMILES string of the molecule is FC(F)(F)C/C=C(\c1ccc(C(NCc2ccccn2)C(F)(F)F)cc1)c1cc(Cl)c(Cl)c(Cl)c1. The molecule has 0 saturated carbocycles. The van der Waals surface area contributed by atoms with Crippen LogP contribution in [-0.4, -0.2) is 17.3 Å². The number of hydrogen-bond acceptors (Lipinski definition) is 2. The number of benzene rings is 2. The zero-order valence-electron chi connectivity index (χ0n) is 17.7. The monoisotopic (exact) mass is 552 g/mol. The van der Waals surface area contributed by atoms with E-state index in [-0.39, 0.29) is 43.9 Å². The van der Waals surface area contributed by atoms with E-state index in [0.29, 0.717) is 5.69 Å². The first kappa shape index (κ1) is 27.3. The average molecular weight is 554 g/mol. The number of aromatic nitrogens is 1. The van der Waals surface area contributed by atoms with E-state index in [0.717, 1.165) is 6.08 Å². The van der Waals surface area contributed by atoms with Gasteiger partial charge < -0.3 is 0 Å². The van der Waals surface area contributed by atoms with Crippen molar-refractivity contribution in [1.82, 2.24) is 10.3 Å². The molecule has 0 bridgehead atoms. The van der Waals surface area contributed by atoms with Crippen LogP contribution in [0.5, 0.6) is 0 Å². The third-order valence-corrected chi connectivity index (χ3v) is 6.13. The van der Waals surface area contributed by atoms with E-state index in [4.69, 9.17) is 34.8 Å². The predicted molar refractivity (Wildman–Crippen MR) is 126 cm³/mol. The molecule has 1 atom stereocenters. The van der Waals surface area contributed by atoms with Crippen molar-refractivity contribution in [3.8, 4) is 0 Å². The van der Waals surface area contributed by atoms with Gasteiger partial charge in [-0.25, -0.2) is 0 Å². The molecule has 0 aliphatic carbocycles. The molecule has 0 fully saturated rings. The van der Waals surface area contributed by atoms with Crippen molar-refractivity contribution >= 4 is 40.4 Å². The number of hydrogen-bond donors (Lipinski definition) is 1. The van der Waals surface area contributed by atoms with Gasteiger partial charge in [0.05, 0.1) is 27.2 Å². The summed E-state index contributed by atoms with van der Waals surface area (Å²) in [6.07, 6.45) is -7.99. The molecule has 11 heteroatoms. The Balaban J connectivity index is 1.95. The Labute approximate surface area is 212 Å². The van der Waals surface area contributed by atoms with Gasteiger partial charge >= 0.3 is 12.4 Å². The van der Waals surface area contributed by atoms with Gasteiger partial charge in [0.1, 0.15) is 6.04 Å². The summed E-state index contributed by atoms with van der Waals surface area (Å²) in [5.41, 5.74) is 0.895. The van der Waals surface area contributed by atoms with E-state index in [1.165, 1.54) is 42.6 Å². The van der Waals surface area contributed by atoms with Gasteiger partial charge in [-0.1, -0.05) is 71.2 Å². The van der Waals surface area contributed by atoms with E-state index in [1.807, 2.05) is 0 Å². The highest BCUT2D eigenvalue weighted by Gasteiger charge is 2.40. The van der Waals surface area contributed by atoms with Gasteiger partial charge in [0.25, 0.3) is 0 Å². The van der Waals surface area contributed by atoms with Crippen LogP contribution in [0, 0.1) is 0 Å². The van der Waals surface area contributed by atoms with Gasteiger partial charge in [0, 0.05) is 12.7 Å². The summed E-state index contributed by atoms with van der Waals surface area (Å²) >= 11 is 18.0. The molecule has 0 radical (unpaired) electrons. The number of halogens is 9. The van der Waals surface area contributed by atoms with Crippen LogP contribution in [-0.2, 0) is 6.54 Å². The molecule has 1 heterocycles. The van der Waals surface area contributed by atoms with Crippen LogP contribution in [0.15, 0.2) is 66.9 Å². The van der Waals surface area contributed by atoms with Gasteiger partial charge in [-0.15, -0.1) is 0 Å². The maximum absolute atomic E-state index is 13.8. The van der Waals surface area contributed by atoms with Crippen molar-refractivity contribution in [2.24, 2.45) is 0 Å². The molecule has 2 nitrogen and oxygen atoms in total. The van der Waals surface area contributed by atoms with Crippen LogP contribution in [0.3, 0.4) is 0 Å². The first-order chi connectivity index (χ1) is 16.3. The summed E-state index contributed by atoms with van der Waals surface area (Å²) < 4.78 is 80.1. The molecule has 0 spiro atoms. The summed E-state index contributed by atoms with van der Waals surface area (Å²) in [7, 11) is 0. The Morgan fingerprint density at radius 3 is 2.03 bits per heavy atom. The van der Waals surface area contributed by atoms with Crippen molar-refractivity contribution in [3.05, 3.63) is 104 Å². The Hall–Kier alpha value is -2.26. The predicted octanol–water partition coefficient (Wildman–Crippen LogP) is 8.82. The van der Waals surface area contributed by atoms with Gasteiger partial charge in [-0.3, -0.25) is 10.3 Å². The number of nitrogens with zero attached hydrogens (tertiary/aromatic N) is 1. The van der Waals surface area contributed by atoms with Crippen LogP contribution in [0.4, 0.5) is 26.3 Å². The third kappa shape index (κ3) is 7.61. The van der Waals surface area contributed by atoms with Crippen molar-refractivity contribution in [2.45, 2.75) is 31.4 Å². The molecule has 3 aromatic rings. The molecule has 35 heavy (non-hydrogen) atoms. The number of nitrogens with one attached hydrogen (secondary N) is 1. The molecule has 0 aliphatic heterocycles. The Morgan fingerprint density at radius 2 is 1.51 bits per heavy atom. The summed E-state index contributed by atoms with van der Waals surface area (Å²) in [5.74, 6) is 0. The summed E-state index contributed by atoms with van der Waals surface area (Å²) in [4.78, 5) is 4.00. The second kappa shape index (κ2) is 11.2. The quantitative estimate of drug-likeness (QED) is 0.234. The largest absolute Gasteiger partial charge is 0.407 e. The summed E-state index contributed by atoms with van der Waals surface area (Å²) in [6.45, 7) is -0.134. The van der Waals surface area contributed by atoms with Crippen molar-refractivity contribution in [2.75, 3.05) is 0 Å². The smallest absolute Gasteiger partial charge is 0.297 e.